The summed E-state index contributed by atoms with van der Waals surface area (Å²) >= 11 is 0. The van der Waals surface area contributed by atoms with E-state index in [0.29, 0.717) is 54.8 Å². The van der Waals surface area contributed by atoms with Crippen molar-refractivity contribution in [2.45, 2.75) is 11.4 Å². The van der Waals surface area contributed by atoms with E-state index in [-0.39, 0.29) is 28.1 Å². The monoisotopic (exact) mass is 534 g/mol. The van der Waals surface area contributed by atoms with E-state index >= 15 is 0 Å². The van der Waals surface area contributed by atoms with Gasteiger partial charge in [0.15, 0.2) is 0 Å². The lowest BCUT2D eigenvalue weighted by molar-refractivity contribution is 0.0626. The Morgan fingerprint density at radius 1 is 1.00 bits per heavy atom. The minimum Gasteiger partial charge on any atom is -0.495 e. The molecule has 38 heavy (non-hydrogen) atoms. The van der Waals surface area contributed by atoms with Crippen LogP contribution in [0.15, 0.2) is 83.9 Å². The summed E-state index contributed by atoms with van der Waals surface area (Å²) in [7, 11) is -2.56. The van der Waals surface area contributed by atoms with E-state index in [9.17, 15) is 17.6 Å². The molecule has 2 heterocycles. The van der Waals surface area contributed by atoms with Crippen LogP contribution in [0.1, 0.15) is 15.9 Å². The summed E-state index contributed by atoms with van der Waals surface area (Å²) in [6.45, 7) is 2.72. The number of aromatic nitrogens is 1. The number of anilines is 1. The number of halogens is 1. The summed E-state index contributed by atoms with van der Waals surface area (Å²) < 4.78 is 48.4. The van der Waals surface area contributed by atoms with Crippen LogP contribution in [0.5, 0.6) is 5.75 Å². The molecule has 5 rings (SSSR count). The number of nitrogens with one attached hydrogen (secondary N) is 1. The molecule has 10 heteroatoms. The molecule has 8 nitrogen and oxygen atoms in total. The molecule has 1 N–H and O–H groups in total. The van der Waals surface area contributed by atoms with E-state index in [1.807, 2.05) is 6.07 Å². The number of fused-ring (bicyclic) bond motifs is 1. The highest BCUT2D eigenvalue weighted by Gasteiger charge is 2.25. The van der Waals surface area contributed by atoms with Gasteiger partial charge in [0.2, 0.25) is 0 Å². The molecule has 3 aromatic carbocycles. The first-order valence-corrected chi connectivity index (χ1v) is 13.6. The Morgan fingerprint density at radius 3 is 2.53 bits per heavy atom. The third kappa shape index (κ3) is 5.32. The zero-order valence-corrected chi connectivity index (χ0v) is 21.6. The number of pyridine rings is 1. The Labute approximate surface area is 220 Å². The van der Waals surface area contributed by atoms with Crippen LogP contribution in [0.2, 0.25) is 0 Å². The molecule has 4 aromatic rings. The largest absolute Gasteiger partial charge is 0.495 e. The maximum atomic E-state index is 14.0. The van der Waals surface area contributed by atoms with Gasteiger partial charge in [-0.3, -0.25) is 19.4 Å². The number of methoxy groups -OCH3 is 1. The van der Waals surface area contributed by atoms with Gasteiger partial charge in [-0.1, -0.05) is 36.4 Å². The number of para-hydroxylation sites is 1. The van der Waals surface area contributed by atoms with Gasteiger partial charge >= 0.3 is 0 Å². The maximum absolute atomic E-state index is 14.0. The number of carbonyl (C=O) groups is 1. The average molecular weight is 535 g/mol. The molecule has 0 bridgehead atoms. The molecule has 0 unspecified atom stereocenters. The molecule has 0 spiro atoms. The minimum absolute atomic E-state index is 0.0473. The van der Waals surface area contributed by atoms with E-state index in [0.717, 1.165) is 0 Å². The van der Waals surface area contributed by atoms with Crippen LogP contribution in [-0.4, -0.2) is 62.4 Å². The van der Waals surface area contributed by atoms with Crippen molar-refractivity contribution in [2.75, 3.05) is 38.0 Å². The number of rotatable bonds is 7. The molecule has 0 saturated carbocycles. The number of nitrogens with zero attached hydrogens (tertiary/aromatic N) is 3. The summed E-state index contributed by atoms with van der Waals surface area (Å²) in [5.74, 6) is -0.183. The van der Waals surface area contributed by atoms with Gasteiger partial charge in [0.1, 0.15) is 16.5 Å². The number of hydrogen-bond donors (Lipinski definition) is 1. The van der Waals surface area contributed by atoms with Crippen molar-refractivity contribution in [3.63, 3.8) is 0 Å². The first-order valence-electron chi connectivity index (χ1n) is 12.2. The van der Waals surface area contributed by atoms with E-state index in [1.165, 1.54) is 31.4 Å². The normalized spacial score (nSPS) is 14.4. The van der Waals surface area contributed by atoms with Gasteiger partial charge in [-0.05, 0) is 36.4 Å². The summed E-state index contributed by atoms with van der Waals surface area (Å²) in [6.07, 6.45) is 1.54. The number of piperazine rings is 1. The van der Waals surface area contributed by atoms with Gasteiger partial charge in [0.25, 0.3) is 15.9 Å². The van der Waals surface area contributed by atoms with Crippen molar-refractivity contribution in [1.82, 2.24) is 14.8 Å². The first-order chi connectivity index (χ1) is 18.4. The van der Waals surface area contributed by atoms with Gasteiger partial charge in [-0.15, -0.1) is 0 Å². The lowest BCUT2D eigenvalue weighted by Gasteiger charge is -2.35. The van der Waals surface area contributed by atoms with Crippen LogP contribution < -0.4 is 9.46 Å². The predicted octanol–water partition coefficient (Wildman–Crippen LogP) is 4.14. The van der Waals surface area contributed by atoms with Crippen LogP contribution in [0.3, 0.4) is 0 Å². The number of ether oxygens (including phenoxy) is 1. The highest BCUT2D eigenvalue weighted by Crippen LogP contribution is 2.30. The molecule has 1 fully saturated rings. The summed E-state index contributed by atoms with van der Waals surface area (Å²) in [5, 5.41) is 0.706. The van der Waals surface area contributed by atoms with E-state index in [2.05, 4.69) is 14.6 Å². The molecule has 0 aliphatic carbocycles. The Morgan fingerprint density at radius 2 is 1.76 bits per heavy atom. The van der Waals surface area contributed by atoms with Crippen molar-refractivity contribution in [2.24, 2.45) is 0 Å². The van der Waals surface area contributed by atoms with Crippen molar-refractivity contribution >= 4 is 32.5 Å². The van der Waals surface area contributed by atoms with Crippen LogP contribution >= 0.6 is 0 Å². The smallest absolute Gasteiger partial charge is 0.264 e. The molecular formula is C28H27FN4O4S. The molecule has 1 amide bonds. The second-order valence-corrected chi connectivity index (χ2v) is 10.7. The lowest BCUT2D eigenvalue weighted by Crippen LogP contribution is -2.48. The molecule has 1 saturated heterocycles. The fraction of sp³-hybridized carbons (Fsp3) is 0.214. The zero-order chi connectivity index (χ0) is 26.7. The number of amides is 1. The summed E-state index contributed by atoms with van der Waals surface area (Å²) in [6, 6.07) is 19.8. The maximum Gasteiger partial charge on any atom is 0.264 e. The molecular weight excluding hydrogens is 507 g/mol. The Kier molecular flexibility index (Phi) is 7.26. The van der Waals surface area contributed by atoms with Crippen molar-refractivity contribution in [3.8, 4) is 5.75 Å². The van der Waals surface area contributed by atoms with Crippen molar-refractivity contribution < 1.29 is 22.3 Å². The second kappa shape index (κ2) is 10.8. The van der Waals surface area contributed by atoms with Gasteiger partial charge in [-0.25, -0.2) is 12.8 Å². The van der Waals surface area contributed by atoms with Gasteiger partial charge in [-0.2, -0.15) is 0 Å². The van der Waals surface area contributed by atoms with Crippen molar-refractivity contribution in [3.05, 3.63) is 95.9 Å². The predicted molar refractivity (Wildman–Crippen MR) is 143 cm³/mol. The fourth-order valence-electron chi connectivity index (χ4n) is 4.56. The third-order valence-corrected chi connectivity index (χ3v) is 7.99. The number of hydrogen-bond acceptors (Lipinski definition) is 6. The lowest BCUT2D eigenvalue weighted by atomic mass is 10.1. The van der Waals surface area contributed by atoms with E-state index in [4.69, 9.17) is 4.74 Å². The van der Waals surface area contributed by atoms with Gasteiger partial charge in [0, 0.05) is 55.4 Å². The molecule has 1 aliphatic rings. The molecule has 1 aliphatic heterocycles. The van der Waals surface area contributed by atoms with Gasteiger partial charge in [0.05, 0.1) is 18.3 Å². The minimum atomic E-state index is -3.98. The van der Waals surface area contributed by atoms with Gasteiger partial charge < -0.3 is 9.64 Å². The van der Waals surface area contributed by atoms with Crippen LogP contribution in [0.4, 0.5) is 10.1 Å². The fourth-order valence-corrected chi connectivity index (χ4v) is 5.81. The summed E-state index contributed by atoms with van der Waals surface area (Å²) in [4.78, 5) is 21.3. The highest BCUT2D eigenvalue weighted by atomic mass is 32.2. The standard InChI is InChI=1S/C28H27FN4O4S/c1-37-25-18-21(28(34)33-16-14-32(15-17-33)19-22-6-2-3-9-23(22)29)11-12-24(25)31-38(35,36)26-10-4-7-20-8-5-13-30-27(20)26/h2-13,18,31H,14-17,19H2,1H3. The second-order valence-electron chi connectivity index (χ2n) is 9.01. The summed E-state index contributed by atoms with van der Waals surface area (Å²) in [5.41, 5.74) is 1.60. The SMILES string of the molecule is COc1cc(C(=O)N2CCN(Cc3ccccc3F)CC2)ccc1NS(=O)(=O)c1cccc2cccnc12. The highest BCUT2D eigenvalue weighted by molar-refractivity contribution is 7.93. The van der Waals surface area contributed by atoms with Crippen LogP contribution in [-0.2, 0) is 16.6 Å². The molecule has 196 valence electrons. The van der Waals surface area contributed by atoms with Crippen LogP contribution in [0, 0.1) is 5.82 Å². The number of sulfonamides is 1. The number of carbonyl (C=O) groups excluding carboxylic acids is 1. The molecule has 0 atom stereocenters. The van der Waals surface area contributed by atoms with Crippen molar-refractivity contribution in [1.29, 1.82) is 0 Å². The van der Waals surface area contributed by atoms with Crippen LogP contribution in [0.25, 0.3) is 10.9 Å². The molecule has 1 aromatic heterocycles. The Bertz CT molecular complexity index is 1580. The topological polar surface area (TPSA) is 91.8 Å². The quantitative estimate of drug-likeness (QED) is 0.383. The number of benzene rings is 3. The van der Waals surface area contributed by atoms with E-state index < -0.39 is 10.0 Å². The third-order valence-electron chi connectivity index (χ3n) is 6.59. The van der Waals surface area contributed by atoms with E-state index in [1.54, 1.807) is 53.6 Å². The Hall–Kier alpha value is -4.02. The molecule has 0 radical (unpaired) electrons. The zero-order valence-electron chi connectivity index (χ0n) is 20.8. The average Bonchev–Trinajstić information content (AvgIpc) is 2.94. The Balaban J connectivity index is 1.29. The first kappa shape index (κ1) is 25.6.